The molecule has 0 amide bonds. The first-order valence-corrected chi connectivity index (χ1v) is 7.78. The van der Waals surface area contributed by atoms with Gasteiger partial charge in [-0.25, -0.2) is 4.57 Å². The Morgan fingerprint density at radius 2 is 2.40 bits per heavy atom. The Hall–Kier alpha value is -2.50. The Bertz CT molecular complexity index is 846. The first-order chi connectivity index (χ1) is 11.9. The van der Waals surface area contributed by atoms with Gasteiger partial charge in [0.05, 0.1) is 12.7 Å². The van der Waals surface area contributed by atoms with Crippen LogP contribution in [0.3, 0.4) is 0 Å². The zero-order chi connectivity index (χ0) is 18.1. The van der Waals surface area contributed by atoms with Crippen LogP contribution in [0, 0.1) is 0 Å². The second kappa shape index (κ2) is 6.78. The van der Waals surface area contributed by atoms with E-state index in [4.69, 9.17) is 15.2 Å². The van der Waals surface area contributed by atoms with E-state index in [2.05, 4.69) is 9.97 Å². The Morgan fingerprint density at radius 1 is 1.64 bits per heavy atom. The van der Waals surface area contributed by atoms with Crippen molar-refractivity contribution in [1.29, 1.82) is 0 Å². The molecule has 0 saturated carbocycles. The molecule has 3 rings (SSSR count). The molecule has 11 heteroatoms. The third-order valence-corrected chi connectivity index (χ3v) is 4.02. The summed E-state index contributed by atoms with van der Waals surface area (Å²) in [5.41, 5.74) is 5.71. The molecule has 0 radical (unpaired) electrons. The lowest BCUT2D eigenvalue weighted by Crippen LogP contribution is -2.39. The number of nitrogens with zero attached hydrogens (tertiary/aromatic N) is 3. The normalized spacial score (nSPS) is 23.2. The molecule has 25 heavy (non-hydrogen) atoms. The number of nitrogens with two attached hydrogens (primary N) is 1. The number of aromatic amines is 1. The third kappa shape index (κ3) is 3.34. The molecular formula is C14H20N5O6+. The number of aliphatic hydroxyl groups excluding tert-OH is 2. The maximum absolute atomic E-state index is 12.3. The Balaban J connectivity index is 2.01. The molecule has 0 spiro atoms. The van der Waals surface area contributed by atoms with Gasteiger partial charge >= 0.3 is 11.6 Å². The van der Waals surface area contributed by atoms with Gasteiger partial charge in [-0.3, -0.25) is 19.1 Å². The van der Waals surface area contributed by atoms with Crippen LogP contribution < -0.4 is 15.9 Å². The summed E-state index contributed by atoms with van der Waals surface area (Å²) < 4.78 is 13.7. The molecule has 1 fully saturated rings. The van der Waals surface area contributed by atoms with Crippen molar-refractivity contribution in [2.45, 2.75) is 38.3 Å². The van der Waals surface area contributed by atoms with Gasteiger partial charge in [-0.05, 0) is 0 Å². The van der Waals surface area contributed by atoms with Crippen molar-refractivity contribution in [3.05, 3.63) is 16.7 Å². The number of H-pyrrole nitrogens is 1. The molecule has 136 valence electrons. The number of nitrogen functional groups attached to an aromatic ring is 1. The number of imidazole rings is 1. The summed E-state index contributed by atoms with van der Waals surface area (Å²) in [7, 11) is 0. The van der Waals surface area contributed by atoms with Crippen LogP contribution in [0.4, 0.5) is 5.95 Å². The molecule has 0 bridgehead atoms. The second-order valence-electron chi connectivity index (χ2n) is 5.79. The zero-order valence-corrected chi connectivity index (χ0v) is 13.6. The number of carbonyl (C=O) groups is 1. The maximum atomic E-state index is 12.3. The molecule has 11 nitrogen and oxygen atoms in total. The molecule has 3 heterocycles. The average Bonchev–Trinajstić information content (AvgIpc) is 3.07. The standard InChI is InChI=1S/C14H19N5O6/c1-7(21)24-3-2-18-6-19(10-4-8(22)9(5-20)25-10)12-11(18)13(23)17-14(15)16-12/h6,8-10,20,22H,2-5H2,1H3,(H2-,15,16,17,23)/p+1/t8-,9+,10+/m0/s1. The lowest BCUT2D eigenvalue weighted by molar-refractivity contribution is -0.739. The smallest absolute Gasteiger partial charge is 0.313 e. The minimum atomic E-state index is -0.832. The number of aromatic nitrogens is 4. The largest absolute Gasteiger partial charge is 0.462 e. The second-order valence-corrected chi connectivity index (χ2v) is 5.79. The fourth-order valence-corrected chi connectivity index (χ4v) is 2.89. The molecule has 1 aliphatic rings. The molecule has 1 aliphatic heterocycles. The van der Waals surface area contributed by atoms with E-state index in [1.807, 2.05) is 0 Å². The Labute approximate surface area is 141 Å². The van der Waals surface area contributed by atoms with Crippen LogP contribution in [0.25, 0.3) is 11.2 Å². The van der Waals surface area contributed by atoms with Crippen molar-refractivity contribution in [2.24, 2.45) is 0 Å². The van der Waals surface area contributed by atoms with Crippen LogP contribution in [-0.4, -0.2) is 56.1 Å². The van der Waals surface area contributed by atoms with E-state index in [9.17, 15) is 19.8 Å². The minimum Gasteiger partial charge on any atom is -0.462 e. The van der Waals surface area contributed by atoms with Gasteiger partial charge < -0.3 is 25.4 Å². The number of hydrogen-bond acceptors (Lipinski definition) is 8. The molecule has 0 aromatic carbocycles. The van der Waals surface area contributed by atoms with Crippen molar-refractivity contribution in [1.82, 2.24) is 14.5 Å². The lowest BCUT2D eigenvalue weighted by atomic mass is 10.2. The van der Waals surface area contributed by atoms with Gasteiger partial charge in [0.2, 0.25) is 5.52 Å². The van der Waals surface area contributed by atoms with Crippen LogP contribution in [-0.2, 0) is 20.8 Å². The van der Waals surface area contributed by atoms with Crippen molar-refractivity contribution < 1.29 is 29.0 Å². The van der Waals surface area contributed by atoms with Gasteiger partial charge in [0, 0.05) is 13.3 Å². The number of carbonyl (C=O) groups excluding carboxylic acids is 1. The first-order valence-electron chi connectivity index (χ1n) is 7.78. The van der Waals surface area contributed by atoms with Crippen molar-refractivity contribution in [3.8, 4) is 0 Å². The van der Waals surface area contributed by atoms with E-state index in [1.165, 1.54) is 6.92 Å². The number of aliphatic hydroxyl groups is 2. The molecule has 3 atom stereocenters. The lowest BCUT2D eigenvalue weighted by Gasteiger charge is -2.10. The van der Waals surface area contributed by atoms with Gasteiger partial charge in [0.25, 0.3) is 11.5 Å². The molecule has 5 N–H and O–H groups in total. The summed E-state index contributed by atoms with van der Waals surface area (Å²) in [6.45, 7) is 1.29. The van der Waals surface area contributed by atoms with Crippen molar-refractivity contribution in [2.75, 3.05) is 18.9 Å². The number of nitrogens with one attached hydrogen (secondary N) is 1. The number of ether oxygens (including phenoxy) is 2. The SMILES string of the molecule is CC(=O)OCCn1c[n+]([C@H]2C[C@H](O)[C@@H](CO)O2)c2nc(N)[nH]c(=O)c21. The summed E-state index contributed by atoms with van der Waals surface area (Å²) in [6, 6.07) is 0. The van der Waals surface area contributed by atoms with Crippen LogP contribution in [0.5, 0.6) is 0 Å². The Kier molecular flexibility index (Phi) is 4.70. The van der Waals surface area contributed by atoms with E-state index in [0.29, 0.717) is 0 Å². The summed E-state index contributed by atoms with van der Waals surface area (Å²) >= 11 is 0. The quantitative estimate of drug-likeness (QED) is 0.348. The summed E-state index contributed by atoms with van der Waals surface area (Å²) in [5, 5.41) is 19.2. The highest BCUT2D eigenvalue weighted by Crippen LogP contribution is 2.25. The number of rotatable bonds is 5. The highest BCUT2D eigenvalue weighted by atomic mass is 16.5. The van der Waals surface area contributed by atoms with Gasteiger partial charge in [-0.1, -0.05) is 4.98 Å². The van der Waals surface area contributed by atoms with Crippen molar-refractivity contribution >= 4 is 23.1 Å². The first kappa shape index (κ1) is 17.3. The topological polar surface area (TPSA) is 157 Å². The highest BCUT2D eigenvalue weighted by Gasteiger charge is 2.38. The van der Waals surface area contributed by atoms with Crippen LogP contribution in [0.1, 0.15) is 19.6 Å². The number of fused-ring (bicyclic) bond motifs is 1. The summed E-state index contributed by atoms with van der Waals surface area (Å²) in [4.78, 5) is 29.8. The number of esters is 1. The van der Waals surface area contributed by atoms with E-state index >= 15 is 0 Å². The zero-order valence-electron chi connectivity index (χ0n) is 13.6. The Morgan fingerprint density at radius 3 is 3.04 bits per heavy atom. The van der Waals surface area contributed by atoms with E-state index in [-0.39, 0.29) is 43.3 Å². The molecular weight excluding hydrogens is 334 g/mol. The maximum Gasteiger partial charge on any atom is 0.313 e. The highest BCUT2D eigenvalue weighted by molar-refractivity contribution is 5.67. The average molecular weight is 354 g/mol. The van der Waals surface area contributed by atoms with Gasteiger partial charge in [-0.15, -0.1) is 0 Å². The van der Waals surface area contributed by atoms with Crippen LogP contribution >= 0.6 is 0 Å². The predicted molar refractivity (Wildman–Crippen MR) is 83.2 cm³/mol. The fraction of sp³-hybridized carbons (Fsp3) is 0.571. The molecule has 2 aromatic heterocycles. The van der Waals surface area contributed by atoms with Gasteiger partial charge in [0.1, 0.15) is 19.3 Å². The monoisotopic (exact) mass is 354 g/mol. The van der Waals surface area contributed by atoms with Crippen LogP contribution in [0.2, 0.25) is 0 Å². The van der Waals surface area contributed by atoms with Gasteiger partial charge in [0.15, 0.2) is 12.6 Å². The number of anilines is 1. The molecule has 1 saturated heterocycles. The fourth-order valence-electron chi connectivity index (χ4n) is 2.89. The summed E-state index contributed by atoms with van der Waals surface area (Å²) in [6.07, 6.45) is -0.337. The third-order valence-electron chi connectivity index (χ3n) is 4.02. The van der Waals surface area contributed by atoms with E-state index in [0.717, 1.165) is 0 Å². The van der Waals surface area contributed by atoms with Crippen molar-refractivity contribution in [3.63, 3.8) is 0 Å². The number of hydrogen-bond donors (Lipinski definition) is 4. The summed E-state index contributed by atoms with van der Waals surface area (Å²) in [5.74, 6) is -0.477. The molecule has 0 unspecified atom stereocenters. The predicted octanol–water partition coefficient (Wildman–Crippen LogP) is -2.20. The minimum absolute atomic E-state index is 0.0544. The molecule has 2 aromatic rings. The van der Waals surface area contributed by atoms with E-state index < -0.39 is 30.0 Å². The van der Waals surface area contributed by atoms with Gasteiger partial charge in [-0.2, -0.15) is 0 Å². The molecule has 0 aliphatic carbocycles. The van der Waals surface area contributed by atoms with E-state index in [1.54, 1.807) is 15.5 Å². The van der Waals surface area contributed by atoms with Crippen LogP contribution in [0.15, 0.2) is 11.1 Å².